The summed E-state index contributed by atoms with van der Waals surface area (Å²) < 4.78 is 7.30. The normalized spacial score (nSPS) is 19.8. The highest BCUT2D eigenvalue weighted by atomic mass is 16.5. The molecule has 0 bridgehead atoms. The SMILES string of the molecule is C=C1/C=C(/C2=CCN(C(=O)N3CCOCC3)CC2)N/N=C\C=C/1c1cn(CC)nc1-c1ccc(NC(=O)Nc2ccccc2)cc1. The number of aromatic nitrogens is 2. The fraction of sp³-hybridized carbons (Fsp3) is 0.257. The van der Waals surface area contributed by atoms with Crippen LogP contribution in [0, 0.1) is 0 Å². The Hall–Kier alpha value is -5.42. The molecule has 236 valence electrons. The summed E-state index contributed by atoms with van der Waals surface area (Å²) in [6, 6.07) is 16.7. The average Bonchev–Trinajstić information content (AvgIpc) is 3.51. The van der Waals surface area contributed by atoms with Gasteiger partial charge in [0.2, 0.25) is 0 Å². The van der Waals surface area contributed by atoms with Crippen LogP contribution in [0.1, 0.15) is 18.9 Å². The number of aryl methyl sites for hydroxylation is 1. The maximum absolute atomic E-state index is 13.0. The predicted octanol–water partition coefficient (Wildman–Crippen LogP) is 5.71. The van der Waals surface area contributed by atoms with E-state index in [1.54, 1.807) is 6.21 Å². The molecule has 0 unspecified atom stereocenters. The minimum atomic E-state index is -0.314. The van der Waals surface area contributed by atoms with E-state index in [9.17, 15) is 9.59 Å². The van der Waals surface area contributed by atoms with Crippen molar-refractivity contribution in [2.24, 2.45) is 5.10 Å². The summed E-state index contributed by atoms with van der Waals surface area (Å²) in [5.74, 6) is 0. The molecule has 3 aliphatic heterocycles. The van der Waals surface area contributed by atoms with Crippen LogP contribution in [0.25, 0.3) is 16.8 Å². The van der Waals surface area contributed by atoms with Crippen molar-refractivity contribution in [1.82, 2.24) is 25.0 Å². The number of carbonyl (C=O) groups excluding carboxylic acids is 2. The highest BCUT2D eigenvalue weighted by molar-refractivity contribution is 6.00. The van der Waals surface area contributed by atoms with Crippen LogP contribution in [0.15, 0.2) is 108 Å². The third-order valence-corrected chi connectivity index (χ3v) is 8.10. The second-order valence-electron chi connectivity index (χ2n) is 11.1. The third-order valence-electron chi connectivity index (χ3n) is 8.10. The summed E-state index contributed by atoms with van der Waals surface area (Å²) in [5, 5.41) is 15.0. The summed E-state index contributed by atoms with van der Waals surface area (Å²) in [4.78, 5) is 29.2. The van der Waals surface area contributed by atoms with E-state index in [1.807, 2.05) is 94.4 Å². The smallest absolute Gasteiger partial charge is 0.323 e. The lowest BCUT2D eigenvalue weighted by molar-refractivity contribution is 0.0440. The molecular weight excluding hydrogens is 580 g/mol. The molecule has 11 heteroatoms. The maximum atomic E-state index is 13.0. The molecule has 0 radical (unpaired) electrons. The zero-order chi connectivity index (χ0) is 31.9. The first-order valence-electron chi connectivity index (χ1n) is 15.5. The largest absolute Gasteiger partial charge is 0.378 e. The minimum Gasteiger partial charge on any atom is -0.378 e. The zero-order valence-corrected chi connectivity index (χ0v) is 25.9. The number of nitrogens with zero attached hydrogens (tertiary/aromatic N) is 5. The molecule has 1 aromatic heterocycles. The number of urea groups is 2. The Kier molecular flexibility index (Phi) is 9.40. The van der Waals surface area contributed by atoms with Crippen molar-refractivity contribution in [3.05, 3.63) is 108 Å². The lowest BCUT2D eigenvalue weighted by atomic mass is 9.94. The van der Waals surface area contributed by atoms with Gasteiger partial charge in [-0.2, -0.15) is 10.2 Å². The van der Waals surface area contributed by atoms with Gasteiger partial charge >= 0.3 is 12.1 Å². The molecule has 1 saturated heterocycles. The molecule has 3 N–H and O–H groups in total. The number of ether oxygens (including phenoxy) is 1. The van der Waals surface area contributed by atoms with E-state index in [1.165, 1.54) is 0 Å². The van der Waals surface area contributed by atoms with Crippen molar-refractivity contribution < 1.29 is 14.3 Å². The van der Waals surface area contributed by atoms with Gasteiger partial charge in [0, 0.05) is 67.6 Å². The molecule has 0 aliphatic carbocycles. The number of amides is 4. The van der Waals surface area contributed by atoms with Gasteiger partial charge in [-0.1, -0.05) is 43.0 Å². The molecule has 2 aromatic carbocycles. The van der Waals surface area contributed by atoms with Crippen LogP contribution in [0.2, 0.25) is 0 Å². The molecule has 46 heavy (non-hydrogen) atoms. The number of hydrogen-bond donors (Lipinski definition) is 3. The number of hydrazone groups is 1. The molecule has 6 rings (SSSR count). The highest BCUT2D eigenvalue weighted by Crippen LogP contribution is 2.34. The summed E-state index contributed by atoms with van der Waals surface area (Å²) in [7, 11) is 0. The molecule has 4 amide bonds. The van der Waals surface area contributed by atoms with Gasteiger partial charge in [-0.05, 0) is 66.5 Å². The van der Waals surface area contributed by atoms with E-state index in [4.69, 9.17) is 9.84 Å². The van der Waals surface area contributed by atoms with E-state index >= 15 is 0 Å². The fourth-order valence-electron chi connectivity index (χ4n) is 5.60. The highest BCUT2D eigenvalue weighted by Gasteiger charge is 2.25. The van der Waals surface area contributed by atoms with Crippen LogP contribution in [0.4, 0.5) is 21.0 Å². The number of morpholine rings is 1. The van der Waals surface area contributed by atoms with Crippen LogP contribution >= 0.6 is 0 Å². The van der Waals surface area contributed by atoms with Crippen LogP contribution in [-0.4, -0.2) is 77.2 Å². The summed E-state index contributed by atoms with van der Waals surface area (Å²) in [5.41, 5.74) is 10.9. The van der Waals surface area contributed by atoms with Gasteiger partial charge in [0.05, 0.1) is 18.9 Å². The van der Waals surface area contributed by atoms with Crippen molar-refractivity contribution in [2.75, 3.05) is 50.0 Å². The average molecular weight is 619 g/mol. The molecule has 1 fully saturated rings. The summed E-state index contributed by atoms with van der Waals surface area (Å²) in [6.45, 7) is 10.8. The van der Waals surface area contributed by atoms with Gasteiger partial charge in [-0.3, -0.25) is 10.1 Å². The Balaban J connectivity index is 1.18. The summed E-state index contributed by atoms with van der Waals surface area (Å²) in [6.07, 6.45) is 10.5. The number of allylic oxidation sites excluding steroid dienone is 5. The lowest BCUT2D eigenvalue weighted by Gasteiger charge is -2.34. The first-order chi connectivity index (χ1) is 22.5. The Morgan fingerprint density at radius 3 is 2.41 bits per heavy atom. The van der Waals surface area contributed by atoms with Gasteiger partial charge in [0.1, 0.15) is 5.69 Å². The standard InChI is InChI=1S/C35H38N8O3/c1-3-43-24-31(33(40-43)27-9-11-29(12-10-27)38-34(44)37-28-7-5-4-6-8-28)30-13-16-36-39-32(23-25(30)2)26-14-17-41(18-15-26)35(45)42-19-21-46-22-20-42/h4-14,16,23-24,39H,2-3,15,17-22H2,1H3,(H2,37,38,44)/b30-13+,32-23-,36-16-. The molecule has 0 atom stereocenters. The topological polar surface area (TPSA) is 116 Å². The number of anilines is 2. The number of rotatable bonds is 6. The number of nitrogens with one attached hydrogen (secondary N) is 3. The number of carbonyl (C=O) groups is 2. The summed E-state index contributed by atoms with van der Waals surface area (Å²) >= 11 is 0. The van der Waals surface area contributed by atoms with E-state index in [2.05, 4.69) is 33.8 Å². The molecule has 3 aliphatic rings. The molecule has 3 aromatic rings. The number of para-hydroxylation sites is 1. The van der Waals surface area contributed by atoms with Gasteiger partial charge in [0.15, 0.2) is 0 Å². The van der Waals surface area contributed by atoms with Gasteiger partial charge in [-0.15, -0.1) is 0 Å². The van der Waals surface area contributed by atoms with Crippen molar-refractivity contribution in [3.63, 3.8) is 0 Å². The third kappa shape index (κ3) is 7.10. The molecule has 0 spiro atoms. The van der Waals surface area contributed by atoms with E-state index in [0.29, 0.717) is 58.0 Å². The van der Waals surface area contributed by atoms with E-state index < -0.39 is 0 Å². The lowest BCUT2D eigenvalue weighted by Crippen LogP contribution is -2.49. The van der Waals surface area contributed by atoms with Crippen molar-refractivity contribution >= 4 is 35.2 Å². The van der Waals surface area contributed by atoms with Gasteiger partial charge < -0.3 is 25.2 Å². The predicted molar refractivity (Wildman–Crippen MR) is 181 cm³/mol. The first-order valence-corrected chi connectivity index (χ1v) is 15.5. The zero-order valence-electron chi connectivity index (χ0n) is 25.9. The quantitative estimate of drug-likeness (QED) is 0.327. The van der Waals surface area contributed by atoms with Crippen molar-refractivity contribution in [1.29, 1.82) is 0 Å². The van der Waals surface area contributed by atoms with Crippen molar-refractivity contribution in [2.45, 2.75) is 19.9 Å². The molecule has 4 heterocycles. The monoisotopic (exact) mass is 618 g/mol. The van der Waals surface area contributed by atoms with Gasteiger partial charge in [-0.25, -0.2) is 9.59 Å². The Morgan fingerprint density at radius 1 is 0.978 bits per heavy atom. The molecule has 11 nitrogen and oxygen atoms in total. The Morgan fingerprint density at radius 2 is 1.72 bits per heavy atom. The van der Waals surface area contributed by atoms with Gasteiger partial charge in [0.25, 0.3) is 0 Å². The first kappa shape index (κ1) is 30.6. The van der Waals surface area contributed by atoms with Crippen LogP contribution in [0.5, 0.6) is 0 Å². The molecular formula is C35H38N8O3. The van der Waals surface area contributed by atoms with Crippen molar-refractivity contribution in [3.8, 4) is 11.3 Å². The van der Waals surface area contributed by atoms with Crippen LogP contribution < -0.4 is 16.1 Å². The second kappa shape index (κ2) is 14.1. The number of benzene rings is 2. The van der Waals surface area contributed by atoms with E-state index in [-0.39, 0.29) is 12.1 Å². The maximum Gasteiger partial charge on any atom is 0.323 e. The van der Waals surface area contributed by atoms with Crippen LogP contribution in [0.3, 0.4) is 0 Å². The Labute approximate surface area is 268 Å². The minimum absolute atomic E-state index is 0.0607. The van der Waals surface area contributed by atoms with E-state index in [0.717, 1.165) is 44.9 Å². The number of hydrogen-bond acceptors (Lipinski definition) is 6. The second-order valence-corrected chi connectivity index (χ2v) is 11.1. The fourth-order valence-corrected chi connectivity index (χ4v) is 5.60. The Bertz CT molecular complexity index is 1710. The molecule has 0 saturated carbocycles. The van der Waals surface area contributed by atoms with Crippen LogP contribution in [-0.2, 0) is 11.3 Å².